The summed E-state index contributed by atoms with van der Waals surface area (Å²) in [5.74, 6) is 4.21. The third-order valence-corrected chi connectivity index (χ3v) is 1.83. The largest absolute Gasteiger partial charge is 0.396 e. The summed E-state index contributed by atoms with van der Waals surface area (Å²) in [4.78, 5) is 10.4. The normalized spacial score (nSPS) is 9.20. The Morgan fingerprint density at radius 2 is 2.20 bits per heavy atom. The topological polar surface area (TPSA) is 69.1 Å². The fourth-order valence-corrected chi connectivity index (χ4v) is 1.07. The van der Waals surface area contributed by atoms with E-state index >= 15 is 0 Å². The molecule has 0 fully saturated rings. The Bertz CT molecular complexity index is 458. The third kappa shape index (κ3) is 2.99. The molecule has 4 N–H and O–H groups in total. The number of nitrogens with two attached hydrogens (primary N) is 2. The predicted octanol–water partition coefficient (Wildman–Crippen LogP) is 0.943. The average molecular weight is 206 g/mol. The molecule has 0 radical (unpaired) electrons. The van der Waals surface area contributed by atoms with E-state index in [0.717, 1.165) is 5.56 Å². The van der Waals surface area contributed by atoms with Crippen molar-refractivity contribution >= 4 is 11.6 Å². The Hall–Kier alpha value is -2.02. The predicted molar refractivity (Wildman–Crippen MR) is 56.2 cm³/mol. The Labute approximate surface area is 87.3 Å². The van der Waals surface area contributed by atoms with E-state index < -0.39 is 11.7 Å². The summed E-state index contributed by atoms with van der Waals surface area (Å²) in [5.41, 5.74) is 11.7. The number of hydrogen-bond acceptors (Lipinski definition) is 2. The van der Waals surface area contributed by atoms with Crippen molar-refractivity contribution in [2.24, 2.45) is 5.73 Å². The fourth-order valence-electron chi connectivity index (χ4n) is 1.07. The van der Waals surface area contributed by atoms with Crippen molar-refractivity contribution in [1.29, 1.82) is 0 Å². The molecule has 15 heavy (non-hydrogen) atoms. The molecule has 4 heteroatoms. The summed E-state index contributed by atoms with van der Waals surface area (Å²) in [7, 11) is 0. The van der Waals surface area contributed by atoms with E-state index in [0.29, 0.717) is 5.56 Å². The van der Waals surface area contributed by atoms with Crippen LogP contribution < -0.4 is 11.5 Å². The lowest BCUT2D eigenvalue weighted by Gasteiger charge is -2.01. The second-order valence-electron chi connectivity index (χ2n) is 3.13. The molecule has 0 bridgehead atoms. The molecule has 0 unspecified atom stereocenters. The van der Waals surface area contributed by atoms with Gasteiger partial charge >= 0.3 is 0 Å². The first-order valence-corrected chi connectivity index (χ1v) is 4.33. The van der Waals surface area contributed by atoms with Crippen LogP contribution in [0.3, 0.4) is 0 Å². The maximum atomic E-state index is 13.1. The van der Waals surface area contributed by atoms with Gasteiger partial charge in [0.2, 0.25) is 5.91 Å². The van der Waals surface area contributed by atoms with Crippen LogP contribution in [0, 0.1) is 24.6 Å². The molecule has 0 atom stereocenters. The second-order valence-corrected chi connectivity index (χ2v) is 3.13. The summed E-state index contributed by atoms with van der Waals surface area (Å²) >= 11 is 0. The first-order chi connectivity index (χ1) is 7.00. The molecular weight excluding hydrogens is 195 g/mol. The van der Waals surface area contributed by atoms with Crippen LogP contribution in [0.4, 0.5) is 10.1 Å². The van der Waals surface area contributed by atoms with Gasteiger partial charge in [-0.1, -0.05) is 11.8 Å². The molecule has 3 nitrogen and oxygen atoms in total. The number of hydrogen-bond donors (Lipinski definition) is 2. The molecule has 1 aromatic rings. The zero-order chi connectivity index (χ0) is 11.4. The van der Waals surface area contributed by atoms with Gasteiger partial charge in [-0.3, -0.25) is 4.79 Å². The van der Waals surface area contributed by atoms with Gasteiger partial charge in [0.05, 0.1) is 12.1 Å². The highest BCUT2D eigenvalue weighted by atomic mass is 19.1. The van der Waals surface area contributed by atoms with Crippen LogP contribution in [-0.4, -0.2) is 5.91 Å². The van der Waals surface area contributed by atoms with Gasteiger partial charge in [-0.15, -0.1) is 0 Å². The van der Waals surface area contributed by atoms with Gasteiger partial charge in [0.15, 0.2) is 0 Å². The highest BCUT2D eigenvalue weighted by Crippen LogP contribution is 2.15. The maximum Gasteiger partial charge on any atom is 0.229 e. The number of aryl methyl sites for hydroxylation is 1. The number of benzene rings is 1. The van der Waals surface area contributed by atoms with Crippen LogP contribution >= 0.6 is 0 Å². The lowest BCUT2D eigenvalue weighted by Crippen LogP contribution is -2.08. The van der Waals surface area contributed by atoms with Crippen LogP contribution in [0.25, 0.3) is 0 Å². The number of amides is 1. The summed E-state index contributed by atoms with van der Waals surface area (Å²) in [5, 5.41) is 0. The zero-order valence-electron chi connectivity index (χ0n) is 8.30. The molecule has 0 aliphatic carbocycles. The standard InChI is InChI=1S/C11H11FN2O/c1-7-5-10(13)9(12)6-8(7)3-2-4-11(14)15/h5-6H,4,13H2,1H3,(H2,14,15). The summed E-state index contributed by atoms with van der Waals surface area (Å²) < 4.78 is 13.1. The Morgan fingerprint density at radius 3 is 2.80 bits per heavy atom. The third-order valence-electron chi connectivity index (χ3n) is 1.83. The number of halogens is 1. The van der Waals surface area contributed by atoms with Crippen LogP contribution in [-0.2, 0) is 4.79 Å². The van der Waals surface area contributed by atoms with E-state index in [1.165, 1.54) is 12.1 Å². The van der Waals surface area contributed by atoms with Gasteiger partial charge in [0.1, 0.15) is 5.82 Å². The van der Waals surface area contributed by atoms with E-state index in [4.69, 9.17) is 11.5 Å². The molecular formula is C11H11FN2O. The van der Waals surface area contributed by atoms with E-state index in [1.54, 1.807) is 6.92 Å². The highest BCUT2D eigenvalue weighted by Gasteiger charge is 2.02. The molecule has 0 aliphatic rings. The van der Waals surface area contributed by atoms with E-state index in [9.17, 15) is 9.18 Å². The summed E-state index contributed by atoms with van der Waals surface area (Å²) in [6.07, 6.45) is -0.0363. The minimum atomic E-state index is -0.510. The van der Waals surface area contributed by atoms with Gasteiger partial charge in [-0.2, -0.15) is 0 Å². The van der Waals surface area contributed by atoms with Crippen molar-refractivity contribution in [2.45, 2.75) is 13.3 Å². The average Bonchev–Trinajstić information content (AvgIpc) is 2.13. The molecule has 0 aromatic heterocycles. The van der Waals surface area contributed by atoms with Crippen LogP contribution in [0.1, 0.15) is 17.5 Å². The number of primary amides is 1. The molecule has 0 saturated carbocycles. The Balaban J connectivity index is 2.98. The van der Waals surface area contributed by atoms with E-state index in [2.05, 4.69) is 11.8 Å². The Kier molecular flexibility index (Phi) is 3.29. The number of anilines is 1. The van der Waals surface area contributed by atoms with Gasteiger partial charge in [-0.25, -0.2) is 4.39 Å². The van der Waals surface area contributed by atoms with Crippen molar-refractivity contribution in [1.82, 2.24) is 0 Å². The molecule has 1 amide bonds. The monoisotopic (exact) mass is 206 g/mol. The van der Waals surface area contributed by atoms with Crippen molar-refractivity contribution in [3.8, 4) is 11.8 Å². The van der Waals surface area contributed by atoms with Crippen molar-refractivity contribution < 1.29 is 9.18 Å². The van der Waals surface area contributed by atoms with E-state index in [-0.39, 0.29) is 12.1 Å². The molecule has 0 aliphatic heterocycles. The van der Waals surface area contributed by atoms with Gasteiger partial charge in [-0.05, 0) is 24.6 Å². The minimum Gasteiger partial charge on any atom is -0.396 e. The molecule has 1 rings (SSSR count). The molecule has 1 aromatic carbocycles. The summed E-state index contributed by atoms with van der Waals surface area (Å²) in [6.45, 7) is 1.77. The van der Waals surface area contributed by atoms with Crippen molar-refractivity contribution in [3.05, 3.63) is 29.1 Å². The number of nitrogen functional groups attached to an aromatic ring is 1. The number of carbonyl (C=O) groups is 1. The van der Waals surface area contributed by atoms with Crippen molar-refractivity contribution in [3.63, 3.8) is 0 Å². The van der Waals surface area contributed by atoms with Crippen LogP contribution in [0.2, 0.25) is 0 Å². The zero-order valence-corrected chi connectivity index (χ0v) is 8.30. The van der Waals surface area contributed by atoms with Gasteiger partial charge in [0.25, 0.3) is 0 Å². The number of rotatable bonds is 1. The van der Waals surface area contributed by atoms with E-state index in [1.807, 2.05) is 0 Å². The molecule has 0 saturated heterocycles. The van der Waals surface area contributed by atoms with Gasteiger partial charge in [0, 0.05) is 5.56 Å². The number of carbonyl (C=O) groups excluding carboxylic acids is 1. The highest BCUT2D eigenvalue weighted by molar-refractivity contribution is 5.76. The Morgan fingerprint density at radius 1 is 1.53 bits per heavy atom. The van der Waals surface area contributed by atoms with Gasteiger partial charge < -0.3 is 11.5 Å². The molecule has 0 spiro atoms. The smallest absolute Gasteiger partial charge is 0.229 e. The summed E-state index contributed by atoms with van der Waals surface area (Å²) in [6, 6.07) is 2.75. The maximum absolute atomic E-state index is 13.1. The minimum absolute atomic E-state index is 0.0363. The first kappa shape index (κ1) is 11.1. The van der Waals surface area contributed by atoms with Crippen LogP contribution in [0.15, 0.2) is 12.1 Å². The van der Waals surface area contributed by atoms with Crippen molar-refractivity contribution in [2.75, 3.05) is 5.73 Å². The SMILES string of the molecule is Cc1cc(N)c(F)cc1C#CCC(N)=O. The molecule has 78 valence electrons. The molecule has 0 heterocycles. The second kappa shape index (κ2) is 4.47. The fraction of sp³-hybridized carbons (Fsp3) is 0.182. The first-order valence-electron chi connectivity index (χ1n) is 4.33. The lowest BCUT2D eigenvalue weighted by atomic mass is 10.1. The lowest BCUT2D eigenvalue weighted by molar-refractivity contribution is -0.117. The quantitative estimate of drug-likeness (QED) is 0.530. The van der Waals surface area contributed by atoms with Crippen LogP contribution in [0.5, 0.6) is 0 Å².